The zero-order valence-corrected chi connectivity index (χ0v) is 16.5. The van der Waals surface area contributed by atoms with Crippen molar-refractivity contribution < 1.29 is 19.2 Å². The average Bonchev–Trinajstić information content (AvgIpc) is 3.02. The second-order valence-corrected chi connectivity index (χ2v) is 7.27. The standard InChI is InChI=1S/C17H11Cl2N3O5S/c1-27-13(23)8-21-15-12(7-6-11(18)14(15)19)28-17(21)20-16(24)9-2-4-10(5-3-9)22(25)26/h2-7H,8H2,1H3. The van der Waals surface area contributed by atoms with Crippen molar-refractivity contribution in [1.82, 2.24) is 4.57 Å². The number of esters is 1. The Morgan fingerprint density at radius 1 is 1.21 bits per heavy atom. The molecule has 0 radical (unpaired) electrons. The minimum atomic E-state index is -0.623. The quantitative estimate of drug-likeness (QED) is 0.349. The Labute approximate surface area is 171 Å². The van der Waals surface area contributed by atoms with Crippen LogP contribution in [-0.4, -0.2) is 28.5 Å². The van der Waals surface area contributed by atoms with Crippen LogP contribution in [0.25, 0.3) is 10.2 Å². The first-order chi connectivity index (χ1) is 13.3. The van der Waals surface area contributed by atoms with Gasteiger partial charge in [-0.1, -0.05) is 34.5 Å². The number of nitro benzene ring substituents is 1. The first-order valence-electron chi connectivity index (χ1n) is 7.69. The summed E-state index contributed by atoms with van der Waals surface area (Å²) in [6.07, 6.45) is 0. The molecule has 8 nitrogen and oxygen atoms in total. The van der Waals surface area contributed by atoms with Crippen LogP contribution in [-0.2, 0) is 16.1 Å². The van der Waals surface area contributed by atoms with E-state index in [1.54, 1.807) is 12.1 Å². The van der Waals surface area contributed by atoms with Crippen molar-refractivity contribution in [2.75, 3.05) is 7.11 Å². The summed E-state index contributed by atoms with van der Waals surface area (Å²) in [5, 5.41) is 11.3. The molecule has 0 spiro atoms. The van der Waals surface area contributed by atoms with Crippen molar-refractivity contribution in [3.63, 3.8) is 0 Å². The Kier molecular flexibility index (Phi) is 5.78. The molecule has 11 heteroatoms. The van der Waals surface area contributed by atoms with Crippen LogP contribution in [0, 0.1) is 10.1 Å². The van der Waals surface area contributed by atoms with Crippen molar-refractivity contribution in [2.45, 2.75) is 6.54 Å². The Bertz CT molecular complexity index is 1170. The first kappa shape index (κ1) is 20.0. The van der Waals surface area contributed by atoms with Crippen LogP contribution in [0.4, 0.5) is 5.69 Å². The highest BCUT2D eigenvalue weighted by Crippen LogP contribution is 2.32. The maximum Gasteiger partial charge on any atom is 0.325 e. The second kappa shape index (κ2) is 8.09. The number of hydrogen-bond donors (Lipinski definition) is 0. The van der Waals surface area contributed by atoms with E-state index in [2.05, 4.69) is 4.99 Å². The Balaban J connectivity index is 2.14. The molecule has 1 heterocycles. The molecule has 0 aliphatic rings. The maximum atomic E-state index is 12.5. The number of fused-ring (bicyclic) bond motifs is 1. The number of carbonyl (C=O) groups is 2. The summed E-state index contributed by atoms with van der Waals surface area (Å²) < 4.78 is 6.82. The largest absolute Gasteiger partial charge is 0.468 e. The molecule has 3 rings (SSSR count). The monoisotopic (exact) mass is 439 g/mol. The van der Waals surface area contributed by atoms with Crippen molar-refractivity contribution in [3.8, 4) is 0 Å². The lowest BCUT2D eigenvalue weighted by Crippen LogP contribution is -2.22. The van der Waals surface area contributed by atoms with Gasteiger partial charge in [0.25, 0.3) is 11.6 Å². The van der Waals surface area contributed by atoms with Gasteiger partial charge in [0, 0.05) is 17.7 Å². The zero-order valence-electron chi connectivity index (χ0n) is 14.2. The van der Waals surface area contributed by atoms with E-state index < -0.39 is 16.8 Å². The van der Waals surface area contributed by atoms with E-state index in [0.29, 0.717) is 15.2 Å². The summed E-state index contributed by atoms with van der Waals surface area (Å²) in [5.74, 6) is -1.18. The van der Waals surface area contributed by atoms with Gasteiger partial charge < -0.3 is 9.30 Å². The number of ether oxygens (including phenoxy) is 1. The van der Waals surface area contributed by atoms with Crippen LogP contribution in [0.1, 0.15) is 10.4 Å². The number of amides is 1. The first-order valence-corrected chi connectivity index (χ1v) is 9.26. The van der Waals surface area contributed by atoms with Gasteiger partial charge in [0.15, 0.2) is 4.80 Å². The average molecular weight is 440 g/mol. The molecule has 1 aromatic heterocycles. The van der Waals surface area contributed by atoms with Gasteiger partial charge in [-0.25, -0.2) is 0 Å². The number of benzene rings is 2. The maximum absolute atomic E-state index is 12.5. The van der Waals surface area contributed by atoms with E-state index in [9.17, 15) is 19.7 Å². The van der Waals surface area contributed by atoms with Crippen molar-refractivity contribution >= 4 is 62.3 Å². The van der Waals surface area contributed by atoms with Crippen LogP contribution in [0.15, 0.2) is 41.4 Å². The molecule has 0 atom stereocenters. The molecule has 0 fully saturated rings. The Morgan fingerprint density at radius 2 is 1.89 bits per heavy atom. The molecular formula is C17H11Cl2N3O5S. The molecule has 0 saturated heterocycles. The molecule has 1 amide bonds. The highest BCUT2D eigenvalue weighted by molar-refractivity contribution is 7.16. The van der Waals surface area contributed by atoms with Crippen molar-refractivity contribution in [1.29, 1.82) is 0 Å². The number of thiazole rings is 1. The summed E-state index contributed by atoms with van der Waals surface area (Å²) in [4.78, 5) is 38.8. The molecule has 3 aromatic rings. The van der Waals surface area contributed by atoms with E-state index in [0.717, 1.165) is 11.3 Å². The van der Waals surface area contributed by atoms with Gasteiger partial charge in [0.2, 0.25) is 0 Å². The molecule has 0 unspecified atom stereocenters. The van der Waals surface area contributed by atoms with Crippen LogP contribution in [0.3, 0.4) is 0 Å². The molecule has 2 aromatic carbocycles. The SMILES string of the molecule is COC(=O)Cn1c(=NC(=O)c2ccc([N+](=O)[O-])cc2)sc2ccc(Cl)c(Cl)c21. The highest BCUT2D eigenvalue weighted by Gasteiger charge is 2.17. The molecule has 0 bridgehead atoms. The smallest absolute Gasteiger partial charge is 0.325 e. The molecule has 0 aliphatic carbocycles. The number of methoxy groups -OCH3 is 1. The van der Waals surface area contributed by atoms with Gasteiger partial charge in [-0.05, 0) is 24.3 Å². The van der Waals surface area contributed by atoms with Crippen molar-refractivity contribution in [3.05, 3.63) is 66.9 Å². The lowest BCUT2D eigenvalue weighted by atomic mass is 10.2. The molecule has 0 aliphatic heterocycles. The van der Waals surface area contributed by atoms with E-state index in [-0.39, 0.29) is 27.6 Å². The second-order valence-electron chi connectivity index (χ2n) is 5.48. The Hall–Kier alpha value is -2.75. The zero-order chi connectivity index (χ0) is 20.4. The van der Waals surface area contributed by atoms with Crippen LogP contribution >= 0.6 is 34.5 Å². The number of non-ortho nitro benzene ring substituents is 1. The van der Waals surface area contributed by atoms with E-state index in [1.165, 1.54) is 35.9 Å². The van der Waals surface area contributed by atoms with Gasteiger partial charge in [-0.15, -0.1) is 0 Å². The lowest BCUT2D eigenvalue weighted by molar-refractivity contribution is -0.384. The topological polar surface area (TPSA) is 104 Å². The molecule has 0 N–H and O–H groups in total. The molecule has 28 heavy (non-hydrogen) atoms. The molecular weight excluding hydrogens is 429 g/mol. The summed E-state index contributed by atoms with van der Waals surface area (Å²) in [6, 6.07) is 8.36. The van der Waals surface area contributed by atoms with Gasteiger partial charge in [-0.3, -0.25) is 19.7 Å². The summed E-state index contributed by atoms with van der Waals surface area (Å²) >= 11 is 13.5. The van der Waals surface area contributed by atoms with Gasteiger partial charge >= 0.3 is 5.97 Å². The number of hydrogen-bond acceptors (Lipinski definition) is 6. The molecule has 144 valence electrons. The number of carbonyl (C=O) groups excluding carboxylic acids is 2. The highest BCUT2D eigenvalue weighted by atomic mass is 35.5. The third-order valence-corrected chi connectivity index (χ3v) is 5.61. The lowest BCUT2D eigenvalue weighted by Gasteiger charge is -2.05. The fourth-order valence-corrected chi connectivity index (χ4v) is 3.92. The fourth-order valence-electron chi connectivity index (χ4n) is 2.41. The normalized spacial score (nSPS) is 11.6. The predicted octanol–water partition coefficient (Wildman–Crippen LogP) is 3.83. The number of aromatic nitrogens is 1. The predicted molar refractivity (Wildman–Crippen MR) is 105 cm³/mol. The minimum Gasteiger partial charge on any atom is -0.468 e. The number of halogens is 2. The van der Waals surface area contributed by atoms with E-state index in [4.69, 9.17) is 27.9 Å². The fraction of sp³-hybridized carbons (Fsp3) is 0.118. The number of nitro groups is 1. The van der Waals surface area contributed by atoms with E-state index in [1.807, 2.05) is 0 Å². The van der Waals surface area contributed by atoms with Crippen LogP contribution in [0.5, 0.6) is 0 Å². The third-order valence-electron chi connectivity index (χ3n) is 3.77. The van der Waals surface area contributed by atoms with Gasteiger partial charge in [-0.2, -0.15) is 4.99 Å². The van der Waals surface area contributed by atoms with Gasteiger partial charge in [0.1, 0.15) is 6.54 Å². The number of rotatable bonds is 4. The van der Waals surface area contributed by atoms with E-state index >= 15 is 0 Å². The number of nitrogens with zero attached hydrogens (tertiary/aromatic N) is 3. The Morgan fingerprint density at radius 3 is 2.50 bits per heavy atom. The van der Waals surface area contributed by atoms with Crippen molar-refractivity contribution in [2.24, 2.45) is 4.99 Å². The van der Waals surface area contributed by atoms with Crippen LogP contribution in [0.2, 0.25) is 10.0 Å². The molecule has 0 saturated carbocycles. The minimum absolute atomic E-state index is 0.138. The third kappa shape index (κ3) is 3.91. The summed E-state index contributed by atoms with van der Waals surface area (Å²) in [5.41, 5.74) is 0.484. The van der Waals surface area contributed by atoms with Gasteiger partial charge in [0.05, 0.1) is 32.3 Å². The summed E-state index contributed by atoms with van der Waals surface area (Å²) in [6.45, 7) is -0.219. The summed E-state index contributed by atoms with van der Waals surface area (Å²) in [7, 11) is 1.24. The van der Waals surface area contributed by atoms with Crippen LogP contribution < -0.4 is 4.80 Å².